The Labute approximate surface area is 324 Å². The highest BCUT2D eigenvalue weighted by molar-refractivity contribution is 6.33. The van der Waals surface area contributed by atoms with E-state index in [2.05, 4.69) is 59.2 Å². The molecule has 1 aromatic heterocycles. The fraction of sp³-hybridized carbons (Fsp3) is 0.350. The maximum Gasteiger partial charge on any atom is 0.249 e. The Hall–Kier alpha value is -5.91. The lowest BCUT2D eigenvalue weighted by molar-refractivity contribution is -0.134. The Morgan fingerprint density at radius 2 is 1.73 bits per heavy atom. The molecule has 3 saturated heterocycles. The Morgan fingerprint density at radius 3 is 2.45 bits per heavy atom. The van der Waals surface area contributed by atoms with Crippen LogP contribution in [0.1, 0.15) is 42.7 Å². The number of piperidine rings is 2. The number of carbonyl (C=O) groups is 3. The Bertz CT molecular complexity index is 2080. The molecule has 55 heavy (non-hydrogen) atoms. The molecule has 1 unspecified atom stereocenters. The highest BCUT2D eigenvalue weighted by Gasteiger charge is 2.28. The van der Waals surface area contributed by atoms with Gasteiger partial charge in [-0.1, -0.05) is 35.9 Å². The molecule has 4 aromatic rings. The van der Waals surface area contributed by atoms with Gasteiger partial charge in [-0.2, -0.15) is 10.2 Å². The first-order valence-corrected chi connectivity index (χ1v) is 18.8. The number of anilines is 6. The number of benzene rings is 3. The Kier molecular flexibility index (Phi) is 11.6. The Morgan fingerprint density at radius 1 is 0.964 bits per heavy atom. The van der Waals surface area contributed by atoms with Gasteiger partial charge < -0.3 is 30.5 Å². The quantitative estimate of drug-likeness (QED) is 0.147. The highest BCUT2D eigenvalue weighted by Crippen LogP contribution is 2.34. The van der Waals surface area contributed by atoms with Crippen molar-refractivity contribution in [1.29, 1.82) is 5.26 Å². The van der Waals surface area contributed by atoms with E-state index in [0.29, 0.717) is 91.0 Å². The first kappa shape index (κ1) is 37.4. The van der Waals surface area contributed by atoms with Crippen LogP contribution in [-0.4, -0.2) is 96.5 Å². The average Bonchev–Trinajstić information content (AvgIpc) is 3.21. The number of methoxy groups -OCH3 is 1. The minimum Gasteiger partial charge on any atom is -0.494 e. The summed E-state index contributed by atoms with van der Waals surface area (Å²) in [6.07, 6.45) is 4.29. The van der Waals surface area contributed by atoms with Gasteiger partial charge >= 0.3 is 0 Å². The van der Waals surface area contributed by atoms with Crippen molar-refractivity contribution >= 4 is 63.8 Å². The Balaban J connectivity index is 0.872. The van der Waals surface area contributed by atoms with E-state index < -0.39 is 6.04 Å². The maximum absolute atomic E-state index is 13.3. The molecule has 3 amide bonds. The van der Waals surface area contributed by atoms with Crippen LogP contribution in [-0.2, 0) is 14.4 Å². The smallest absolute Gasteiger partial charge is 0.249 e. The van der Waals surface area contributed by atoms with Crippen molar-refractivity contribution in [1.82, 2.24) is 25.1 Å². The van der Waals surface area contributed by atoms with E-state index in [1.54, 1.807) is 25.3 Å². The number of halogens is 1. The third kappa shape index (κ3) is 9.08. The van der Waals surface area contributed by atoms with Gasteiger partial charge in [-0.3, -0.25) is 24.6 Å². The number of aromatic nitrogens is 2. The normalized spacial score (nSPS) is 17.9. The minimum atomic E-state index is -0.400. The number of likely N-dealkylation sites (tertiary alicyclic amines) is 1. The number of nitrogens with one attached hydrogen (secondary N) is 4. The molecular formula is C40H43ClN10O4. The van der Waals surface area contributed by atoms with Crippen LogP contribution in [0.2, 0.25) is 5.02 Å². The summed E-state index contributed by atoms with van der Waals surface area (Å²) in [6.45, 7) is 4.84. The van der Waals surface area contributed by atoms with Crippen molar-refractivity contribution in [3.63, 3.8) is 0 Å². The number of rotatable bonds is 11. The number of piperazine rings is 1. The third-order valence-corrected chi connectivity index (χ3v) is 10.7. The van der Waals surface area contributed by atoms with Crippen molar-refractivity contribution < 1.29 is 19.1 Å². The van der Waals surface area contributed by atoms with Crippen LogP contribution >= 0.6 is 11.6 Å². The van der Waals surface area contributed by atoms with Crippen LogP contribution in [0.3, 0.4) is 0 Å². The molecule has 0 spiro atoms. The lowest BCUT2D eigenvalue weighted by Crippen LogP contribution is -2.51. The van der Waals surface area contributed by atoms with Gasteiger partial charge in [-0.05, 0) is 80.2 Å². The molecule has 4 N–H and O–H groups in total. The molecule has 4 heterocycles. The van der Waals surface area contributed by atoms with Gasteiger partial charge in [0.15, 0.2) is 5.82 Å². The summed E-state index contributed by atoms with van der Waals surface area (Å²) < 4.78 is 5.73. The minimum absolute atomic E-state index is 0.159. The SMILES string of the molecule is COc1cc(N2CCN(C(=O)CN3CCC(c4ccc(NC5CCC(=O)NC5=O)cc4)CC3)CC2)ccc1Nc1ncc(Cl)c(Nc2ccccc2C#N)n1. The van der Waals surface area contributed by atoms with Crippen LogP contribution in [0.25, 0.3) is 0 Å². The topological polar surface area (TPSA) is 168 Å². The van der Waals surface area contributed by atoms with Crippen LogP contribution < -0.4 is 30.9 Å². The molecule has 0 bridgehead atoms. The summed E-state index contributed by atoms with van der Waals surface area (Å²) in [7, 11) is 1.61. The summed E-state index contributed by atoms with van der Waals surface area (Å²) in [5, 5.41) is 21.7. The lowest BCUT2D eigenvalue weighted by atomic mass is 9.89. The van der Waals surface area contributed by atoms with E-state index in [-0.39, 0.29) is 17.7 Å². The number of ether oxygens (including phenoxy) is 1. The van der Waals surface area contributed by atoms with Crippen molar-refractivity contribution in [3.8, 4) is 11.8 Å². The summed E-state index contributed by atoms with van der Waals surface area (Å²) in [6, 6.07) is 23.0. The predicted octanol–water partition coefficient (Wildman–Crippen LogP) is 5.24. The average molecular weight is 763 g/mol. The lowest BCUT2D eigenvalue weighted by Gasteiger charge is -2.38. The summed E-state index contributed by atoms with van der Waals surface area (Å²) in [5.41, 5.74) is 4.84. The molecule has 3 aliphatic rings. The second-order valence-corrected chi connectivity index (χ2v) is 14.3. The monoisotopic (exact) mass is 762 g/mol. The maximum atomic E-state index is 13.3. The molecule has 0 saturated carbocycles. The number of nitrogens with zero attached hydrogens (tertiary/aromatic N) is 6. The van der Waals surface area contributed by atoms with Gasteiger partial charge in [0.2, 0.25) is 23.7 Å². The summed E-state index contributed by atoms with van der Waals surface area (Å²) in [5.74, 6) is 1.36. The van der Waals surface area contributed by atoms with Gasteiger partial charge in [0.05, 0.1) is 36.8 Å². The van der Waals surface area contributed by atoms with Crippen molar-refractivity contribution in [2.75, 3.05) is 73.8 Å². The molecule has 7 rings (SSSR count). The number of imide groups is 1. The number of amides is 3. The highest BCUT2D eigenvalue weighted by atomic mass is 35.5. The fourth-order valence-corrected chi connectivity index (χ4v) is 7.38. The predicted molar refractivity (Wildman–Crippen MR) is 211 cm³/mol. The second-order valence-electron chi connectivity index (χ2n) is 13.9. The number of nitriles is 1. The van der Waals surface area contributed by atoms with Crippen LogP contribution in [0, 0.1) is 11.3 Å². The van der Waals surface area contributed by atoms with E-state index in [9.17, 15) is 19.6 Å². The van der Waals surface area contributed by atoms with Gasteiger partial charge in [0.1, 0.15) is 22.9 Å². The van der Waals surface area contributed by atoms with Gasteiger partial charge in [0.25, 0.3) is 0 Å². The first-order valence-electron chi connectivity index (χ1n) is 18.5. The molecule has 14 nitrogen and oxygen atoms in total. The molecular weight excluding hydrogens is 720 g/mol. The summed E-state index contributed by atoms with van der Waals surface area (Å²) in [4.78, 5) is 52.2. The molecule has 3 aromatic carbocycles. The zero-order chi connectivity index (χ0) is 38.3. The van der Waals surface area contributed by atoms with Gasteiger partial charge in [-0.15, -0.1) is 0 Å². The van der Waals surface area contributed by atoms with E-state index in [1.807, 2.05) is 41.3 Å². The third-order valence-electron chi connectivity index (χ3n) is 10.4. The molecule has 1 atom stereocenters. The second kappa shape index (κ2) is 17.0. The number of hydrogen-bond donors (Lipinski definition) is 4. The number of hydrogen-bond acceptors (Lipinski definition) is 12. The molecule has 0 aliphatic carbocycles. The first-order chi connectivity index (χ1) is 26.8. The van der Waals surface area contributed by atoms with Gasteiger partial charge in [0, 0.05) is 50.0 Å². The summed E-state index contributed by atoms with van der Waals surface area (Å²) >= 11 is 6.38. The van der Waals surface area contributed by atoms with Crippen molar-refractivity contribution in [3.05, 3.63) is 89.1 Å². The molecule has 0 radical (unpaired) electrons. The zero-order valence-electron chi connectivity index (χ0n) is 30.6. The van der Waals surface area contributed by atoms with E-state index in [4.69, 9.17) is 16.3 Å². The number of para-hydroxylation sites is 1. The van der Waals surface area contributed by atoms with Crippen LogP contribution in [0.5, 0.6) is 5.75 Å². The molecule has 3 aliphatic heterocycles. The largest absolute Gasteiger partial charge is 0.494 e. The van der Waals surface area contributed by atoms with Crippen LogP contribution in [0.15, 0.2) is 72.9 Å². The van der Waals surface area contributed by atoms with E-state index >= 15 is 0 Å². The molecule has 284 valence electrons. The zero-order valence-corrected chi connectivity index (χ0v) is 31.3. The fourth-order valence-electron chi connectivity index (χ4n) is 7.25. The standard InChI is InChI=1S/C40H43ClN10O4/c1-55-35-22-30(10-11-33(35)46-40-43-24-31(41)38(48-40)45-32-5-3-2-4-28(32)23-42)50-18-20-51(21-19-50)37(53)25-49-16-14-27(15-17-49)26-6-8-29(9-7-26)44-34-12-13-36(52)47-39(34)54/h2-11,22,24,27,34,44H,12-21,25H2,1H3,(H,47,52,54)(H2,43,45,46,48). The van der Waals surface area contributed by atoms with E-state index in [0.717, 1.165) is 37.3 Å². The van der Waals surface area contributed by atoms with Crippen LogP contribution in [0.4, 0.5) is 34.5 Å². The van der Waals surface area contributed by atoms with Crippen molar-refractivity contribution in [2.24, 2.45) is 0 Å². The molecule has 3 fully saturated rings. The molecule has 15 heteroatoms. The van der Waals surface area contributed by atoms with Crippen molar-refractivity contribution in [2.45, 2.75) is 37.6 Å². The number of carbonyl (C=O) groups excluding carboxylic acids is 3. The van der Waals surface area contributed by atoms with Gasteiger partial charge in [-0.25, -0.2) is 4.98 Å². The van der Waals surface area contributed by atoms with E-state index in [1.165, 1.54) is 11.8 Å².